The average Bonchev–Trinajstić information content (AvgIpc) is 3.40. The number of benzene rings is 2. The molecule has 7 heteroatoms. The summed E-state index contributed by atoms with van der Waals surface area (Å²) >= 11 is 0. The van der Waals surface area contributed by atoms with E-state index in [0.717, 1.165) is 61.2 Å². The van der Waals surface area contributed by atoms with E-state index in [1.807, 2.05) is 43.3 Å². The number of furan rings is 2. The van der Waals surface area contributed by atoms with Crippen molar-refractivity contribution in [3.8, 4) is 22.6 Å². The van der Waals surface area contributed by atoms with Gasteiger partial charge >= 0.3 is 0 Å². The second kappa shape index (κ2) is 11.1. The van der Waals surface area contributed by atoms with E-state index in [9.17, 15) is 4.79 Å². The van der Waals surface area contributed by atoms with Crippen molar-refractivity contribution in [1.82, 2.24) is 9.97 Å². The maximum Gasteiger partial charge on any atom is 0.216 e. The molecule has 0 unspecified atom stereocenters. The van der Waals surface area contributed by atoms with Crippen LogP contribution in [0, 0.1) is 19.9 Å². The zero-order valence-electron chi connectivity index (χ0n) is 21.3. The molecule has 0 bridgehead atoms. The Morgan fingerprint density at radius 3 is 2.42 bits per heavy atom. The molecule has 0 amide bonds. The van der Waals surface area contributed by atoms with Crippen LogP contribution in [0.2, 0.25) is 0 Å². The fraction of sp³-hybridized carbons (Fsp3) is 0.129. The van der Waals surface area contributed by atoms with Crippen LogP contribution in [-0.4, -0.2) is 20.9 Å². The SMILES string of the molecule is CC(=O)/C=C(/C)O.Cc1ccc2c(n1)oc1c(-c3cc4c(C)c(-c5ccccc5)oc4cn3)[c-]ccc12.[Ir]. The Balaban J connectivity index is 0.000000375. The molecule has 6 rings (SSSR count). The van der Waals surface area contributed by atoms with Crippen LogP contribution < -0.4 is 0 Å². The van der Waals surface area contributed by atoms with Crippen molar-refractivity contribution in [2.45, 2.75) is 27.7 Å². The first-order valence-corrected chi connectivity index (χ1v) is 11.8. The van der Waals surface area contributed by atoms with Crippen LogP contribution in [0.4, 0.5) is 0 Å². The monoisotopic (exact) mass is 682 g/mol. The van der Waals surface area contributed by atoms with Crippen molar-refractivity contribution >= 4 is 38.8 Å². The van der Waals surface area contributed by atoms with Crippen LogP contribution in [0.15, 0.2) is 87.5 Å². The van der Waals surface area contributed by atoms with Crippen molar-refractivity contribution in [1.29, 1.82) is 0 Å². The first-order valence-electron chi connectivity index (χ1n) is 11.8. The van der Waals surface area contributed by atoms with Gasteiger partial charge in [-0.25, -0.2) is 4.98 Å². The normalized spacial score (nSPS) is 11.3. The van der Waals surface area contributed by atoms with Crippen LogP contribution in [0.3, 0.4) is 0 Å². The minimum absolute atomic E-state index is 0. The average molecular weight is 682 g/mol. The third kappa shape index (κ3) is 5.30. The molecule has 0 fully saturated rings. The molecule has 4 heterocycles. The van der Waals surface area contributed by atoms with E-state index < -0.39 is 0 Å². The summed E-state index contributed by atoms with van der Waals surface area (Å²) in [5.74, 6) is 0.808. The predicted octanol–water partition coefficient (Wildman–Crippen LogP) is 7.91. The van der Waals surface area contributed by atoms with E-state index >= 15 is 0 Å². The molecule has 0 saturated carbocycles. The van der Waals surface area contributed by atoms with Gasteiger partial charge in [-0.3, -0.25) is 4.79 Å². The number of hydrogen-bond donors (Lipinski definition) is 1. The molecule has 4 aromatic heterocycles. The van der Waals surface area contributed by atoms with E-state index in [4.69, 9.17) is 13.9 Å². The number of fused-ring (bicyclic) bond motifs is 4. The molecule has 0 atom stereocenters. The van der Waals surface area contributed by atoms with Crippen molar-refractivity contribution < 1.29 is 38.8 Å². The first kappa shape index (κ1) is 27.0. The maximum atomic E-state index is 10.0. The summed E-state index contributed by atoms with van der Waals surface area (Å²) < 4.78 is 12.2. The molecule has 38 heavy (non-hydrogen) atoms. The number of nitrogens with zero attached hydrogens (tertiary/aromatic N) is 2. The minimum atomic E-state index is -0.125. The van der Waals surface area contributed by atoms with Gasteiger partial charge in [0.15, 0.2) is 11.4 Å². The Bertz CT molecular complexity index is 1800. The van der Waals surface area contributed by atoms with Crippen LogP contribution in [0.25, 0.3) is 55.6 Å². The fourth-order valence-electron chi connectivity index (χ4n) is 4.33. The number of rotatable bonds is 3. The Hall–Kier alpha value is -4.06. The van der Waals surface area contributed by atoms with Crippen LogP contribution >= 0.6 is 0 Å². The summed E-state index contributed by atoms with van der Waals surface area (Å²) in [6.07, 6.45) is 2.95. The van der Waals surface area contributed by atoms with Gasteiger partial charge in [-0.1, -0.05) is 47.3 Å². The van der Waals surface area contributed by atoms with Gasteiger partial charge in [0.1, 0.15) is 5.76 Å². The zero-order valence-corrected chi connectivity index (χ0v) is 23.7. The number of aliphatic hydroxyl groups excluding tert-OH is 1. The van der Waals surface area contributed by atoms with Crippen LogP contribution in [0.1, 0.15) is 25.1 Å². The fourth-order valence-corrected chi connectivity index (χ4v) is 4.33. The second-order valence-electron chi connectivity index (χ2n) is 8.89. The molecule has 0 aliphatic carbocycles. The Labute approximate surface area is 233 Å². The molecular formula is C31H25IrN2O4-. The van der Waals surface area contributed by atoms with Gasteiger partial charge in [0, 0.05) is 53.8 Å². The zero-order chi connectivity index (χ0) is 26.1. The number of ketones is 1. The molecule has 193 valence electrons. The number of aromatic nitrogens is 2. The largest absolute Gasteiger partial charge is 0.512 e. The molecule has 1 radical (unpaired) electrons. The molecular weight excluding hydrogens is 657 g/mol. The summed E-state index contributed by atoms with van der Waals surface area (Å²) in [7, 11) is 0. The van der Waals surface area contributed by atoms with Gasteiger partial charge in [-0.05, 0) is 45.5 Å². The van der Waals surface area contributed by atoms with Crippen molar-refractivity contribution in [2.24, 2.45) is 0 Å². The van der Waals surface area contributed by atoms with Gasteiger partial charge in [0.25, 0.3) is 0 Å². The van der Waals surface area contributed by atoms with E-state index in [2.05, 4.69) is 47.2 Å². The Kier molecular flexibility index (Phi) is 7.91. The number of pyridine rings is 2. The van der Waals surface area contributed by atoms with Crippen LogP contribution in [0.5, 0.6) is 0 Å². The van der Waals surface area contributed by atoms with Gasteiger partial charge in [-0.15, -0.1) is 18.2 Å². The predicted molar refractivity (Wildman–Crippen MR) is 145 cm³/mol. The standard InChI is InChI=1S/C26H17N2O2.C5H8O2.Ir/c1-15-11-12-19-18-9-6-10-20(25(18)30-26(19)28-15)22-13-21-16(2)24(29-23(21)14-27-22)17-7-4-3-5-8-17;1-4(6)3-5(2)7;/h3-9,11-14H,1-2H3;3,6H,1-2H3;/q-1;;/b;4-3-;. The summed E-state index contributed by atoms with van der Waals surface area (Å²) in [6, 6.07) is 23.5. The topological polar surface area (TPSA) is 89.4 Å². The van der Waals surface area contributed by atoms with E-state index in [1.54, 1.807) is 6.20 Å². The summed E-state index contributed by atoms with van der Waals surface area (Å²) in [6.45, 7) is 6.89. The molecule has 2 aromatic carbocycles. The molecule has 6 nitrogen and oxygen atoms in total. The second-order valence-corrected chi connectivity index (χ2v) is 8.89. The quantitative estimate of drug-likeness (QED) is 0.116. The third-order valence-electron chi connectivity index (χ3n) is 5.97. The summed E-state index contributed by atoms with van der Waals surface area (Å²) in [5, 5.41) is 11.4. The van der Waals surface area contributed by atoms with Gasteiger partial charge in [0.05, 0.1) is 17.5 Å². The van der Waals surface area contributed by atoms with Gasteiger partial charge in [0.2, 0.25) is 5.71 Å². The van der Waals surface area contributed by atoms with Crippen molar-refractivity contribution in [3.05, 3.63) is 96.0 Å². The molecule has 0 aliphatic heterocycles. The number of carbonyl (C=O) groups is 1. The molecule has 6 aromatic rings. The van der Waals surface area contributed by atoms with E-state index in [0.29, 0.717) is 5.71 Å². The smallest absolute Gasteiger partial charge is 0.216 e. The van der Waals surface area contributed by atoms with Crippen molar-refractivity contribution in [2.75, 3.05) is 0 Å². The Morgan fingerprint density at radius 1 is 0.974 bits per heavy atom. The Morgan fingerprint density at radius 2 is 1.74 bits per heavy atom. The number of aryl methyl sites for hydroxylation is 2. The summed E-state index contributed by atoms with van der Waals surface area (Å²) in [4.78, 5) is 19.2. The maximum absolute atomic E-state index is 10.0. The minimum Gasteiger partial charge on any atom is -0.512 e. The number of aliphatic hydroxyl groups is 1. The first-order chi connectivity index (χ1) is 17.8. The number of hydrogen-bond acceptors (Lipinski definition) is 6. The molecule has 0 spiro atoms. The van der Waals surface area contributed by atoms with Crippen molar-refractivity contribution in [3.63, 3.8) is 0 Å². The van der Waals surface area contributed by atoms with Gasteiger partial charge < -0.3 is 18.9 Å². The molecule has 0 aliphatic rings. The van der Waals surface area contributed by atoms with Crippen LogP contribution in [-0.2, 0) is 24.9 Å². The molecule has 0 saturated heterocycles. The molecule has 1 N–H and O–H groups in total. The number of allylic oxidation sites excluding steroid dienone is 2. The summed E-state index contributed by atoms with van der Waals surface area (Å²) in [5.41, 5.74) is 6.85. The van der Waals surface area contributed by atoms with Gasteiger partial charge in [-0.2, -0.15) is 0 Å². The third-order valence-corrected chi connectivity index (χ3v) is 5.97. The van der Waals surface area contributed by atoms with E-state index in [1.165, 1.54) is 19.9 Å². The van der Waals surface area contributed by atoms with E-state index in [-0.39, 0.29) is 31.6 Å². The number of carbonyl (C=O) groups excluding carboxylic acids is 1.